The highest BCUT2D eigenvalue weighted by molar-refractivity contribution is 8.04. The molecular weight excluding hydrogens is 390 g/mol. The van der Waals surface area contributed by atoms with Gasteiger partial charge >= 0.3 is 0 Å². The van der Waals surface area contributed by atoms with Crippen LogP contribution >= 0.6 is 11.8 Å². The van der Waals surface area contributed by atoms with Gasteiger partial charge in [0.15, 0.2) is 0 Å². The molecular formula is C22H23NO5S. The van der Waals surface area contributed by atoms with Gasteiger partial charge in [-0.25, -0.2) is 4.90 Å². The van der Waals surface area contributed by atoms with Crippen molar-refractivity contribution in [3.63, 3.8) is 0 Å². The molecule has 1 aliphatic rings. The van der Waals surface area contributed by atoms with Crippen LogP contribution in [0.15, 0.2) is 47.4 Å². The number of benzene rings is 2. The molecule has 3 rings (SSSR count). The Labute approximate surface area is 174 Å². The molecule has 0 radical (unpaired) electrons. The second-order valence-electron chi connectivity index (χ2n) is 6.11. The van der Waals surface area contributed by atoms with E-state index in [4.69, 9.17) is 14.2 Å². The molecule has 0 fully saturated rings. The molecule has 2 aromatic rings. The van der Waals surface area contributed by atoms with Crippen molar-refractivity contribution in [3.05, 3.63) is 52.9 Å². The van der Waals surface area contributed by atoms with E-state index >= 15 is 0 Å². The summed E-state index contributed by atoms with van der Waals surface area (Å²) in [6, 6.07) is 12.2. The SMILES string of the molecule is CCOc1ccc(C2=C(SCC)C(=O)N(c3cc(OC)cc(OC)c3)C2=O)cc1. The van der Waals surface area contributed by atoms with Crippen molar-refractivity contribution in [2.24, 2.45) is 0 Å². The normalized spacial score (nSPS) is 13.9. The van der Waals surface area contributed by atoms with E-state index in [2.05, 4.69) is 0 Å². The highest BCUT2D eigenvalue weighted by atomic mass is 32.2. The quantitative estimate of drug-likeness (QED) is 0.606. The number of carbonyl (C=O) groups is 2. The van der Waals surface area contributed by atoms with Gasteiger partial charge in [0.2, 0.25) is 0 Å². The van der Waals surface area contributed by atoms with Gasteiger partial charge in [-0.2, -0.15) is 0 Å². The largest absolute Gasteiger partial charge is 0.497 e. The third-order valence-corrected chi connectivity index (χ3v) is 5.33. The minimum atomic E-state index is -0.370. The molecule has 2 amide bonds. The molecule has 0 N–H and O–H groups in total. The fraction of sp³-hybridized carbons (Fsp3) is 0.273. The van der Waals surface area contributed by atoms with Crippen LogP contribution in [0.3, 0.4) is 0 Å². The number of rotatable bonds is 8. The Hall–Kier alpha value is -2.93. The maximum absolute atomic E-state index is 13.3. The first kappa shape index (κ1) is 20.8. The van der Waals surface area contributed by atoms with Crippen LogP contribution in [0.2, 0.25) is 0 Å². The van der Waals surface area contributed by atoms with Gasteiger partial charge < -0.3 is 14.2 Å². The number of hydrogen-bond donors (Lipinski definition) is 0. The van der Waals surface area contributed by atoms with Gasteiger partial charge in [-0.05, 0) is 30.4 Å². The van der Waals surface area contributed by atoms with Crippen LogP contribution in [0.1, 0.15) is 19.4 Å². The van der Waals surface area contributed by atoms with E-state index in [-0.39, 0.29) is 11.8 Å². The van der Waals surface area contributed by atoms with Gasteiger partial charge in [-0.15, -0.1) is 11.8 Å². The summed E-state index contributed by atoms with van der Waals surface area (Å²) in [5.41, 5.74) is 1.48. The molecule has 1 aliphatic heterocycles. The van der Waals surface area contributed by atoms with E-state index in [1.165, 1.54) is 30.9 Å². The highest BCUT2D eigenvalue weighted by Gasteiger charge is 2.40. The molecule has 1 heterocycles. The Morgan fingerprint density at radius 1 is 0.862 bits per heavy atom. The van der Waals surface area contributed by atoms with Gasteiger partial charge in [0, 0.05) is 18.2 Å². The Kier molecular flexibility index (Phi) is 6.49. The van der Waals surface area contributed by atoms with Gasteiger partial charge in [-0.3, -0.25) is 9.59 Å². The molecule has 0 unspecified atom stereocenters. The second-order valence-corrected chi connectivity index (χ2v) is 7.39. The second kappa shape index (κ2) is 9.05. The van der Waals surface area contributed by atoms with Crippen molar-refractivity contribution >= 4 is 34.8 Å². The number of hydrogen-bond acceptors (Lipinski definition) is 6. The highest BCUT2D eigenvalue weighted by Crippen LogP contribution is 2.40. The topological polar surface area (TPSA) is 65.1 Å². The molecule has 0 aliphatic carbocycles. The van der Waals surface area contributed by atoms with E-state index in [0.717, 1.165) is 0 Å². The van der Waals surface area contributed by atoms with E-state index in [1.54, 1.807) is 42.5 Å². The third-order valence-electron chi connectivity index (χ3n) is 4.38. The minimum Gasteiger partial charge on any atom is -0.497 e. The van der Waals surface area contributed by atoms with Crippen molar-refractivity contribution in [2.75, 3.05) is 31.5 Å². The molecule has 7 heteroatoms. The first-order valence-corrected chi connectivity index (χ1v) is 10.2. The van der Waals surface area contributed by atoms with E-state index in [0.29, 0.717) is 51.3 Å². The van der Waals surface area contributed by atoms with Crippen LogP contribution in [0, 0.1) is 0 Å². The third kappa shape index (κ3) is 4.10. The average molecular weight is 413 g/mol. The van der Waals surface area contributed by atoms with Crippen LogP contribution < -0.4 is 19.1 Å². The van der Waals surface area contributed by atoms with Crippen molar-refractivity contribution in [1.29, 1.82) is 0 Å². The van der Waals surface area contributed by atoms with Crippen LogP contribution in [-0.2, 0) is 9.59 Å². The van der Waals surface area contributed by atoms with Crippen molar-refractivity contribution in [2.45, 2.75) is 13.8 Å². The monoisotopic (exact) mass is 413 g/mol. The number of anilines is 1. The predicted molar refractivity (Wildman–Crippen MR) is 115 cm³/mol. The summed E-state index contributed by atoms with van der Waals surface area (Å²) in [7, 11) is 3.04. The van der Waals surface area contributed by atoms with Gasteiger partial charge in [0.25, 0.3) is 11.8 Å². The summed E-state index contributed by atoms with van der Waals surface area (Å²) >= 11 is 1.36. The molecule has 0 spiro atoms. The molecule has 6 nitrogen and oxygen atoms in total. The zero-order chi connectivity index (χ0) is 21.0. The van der Waals surface area contributed by atoms with Crippen LogP contribution in [0.25, 0.3) is 5.57 Å². The van der Waals surface area contributed by atoms with Gasteiger partial charge in [0.1, 0.15) is 17.2 Å². The lowest BCUT2D eigenvalue weighted by Gasteiger charge is -2.17. The predicted octanol–water partition coefficient (Wildman–Crippen LogP) is 4.14. The molecule has 2 aromatic carbocycles. The molecule has 0 atom stereocenters. The fourth-order valence-electron chi connectivity index (χ4n) is 3.08. The average Bonchev–Trinajstić information content (AvgIpc) is 2.98. The number of carbonyl (C=O) groups excluding carboxylic acids is 2. The van der Waals surface area contributed by atoms with E-state index in [9.17, 15) is 9.59 Å². The van der Waals surface area contributed by atoms with E-state index in [1.807, 2.05) is 13.8 Å². The first-order valence-electron chi connectivity index (χ1n) is 9.26. The zero-order valence-electron chi connectivity index (χ0n) is 16.9. The van der Waals surface area contributed by atoms with Crippen LogP contribution in [-0.4, -0.2) is 38.4 Å². The number of imide groups is 1. The maximum atomic E-state index is 13.3. The molecule has 0 saturated carbocycles. The van der Waals surface area contributed by atoms with Gasteiger partial charge in [-0.1, -0.05) is 19.1 Å². The van der Waals surface area contributed by atoms with Crippen molar-refractivity contribution in [3.8, 4) is 17.2 Å². The summed E-state index contributed by atoms with van der Waals surface area (Å²) in [4.78, 5) is 28.1. The maximum Gasteiger partial charge on any atom is 0.272 e. The minimum absolute atomic E-state index is 0.346. The Morgan fingerprint density at radius 3 is 2.00 bits per heavy atom. The number of thioether (sulfide) groups is 1. The number of nitrogens with zero attached hydrogens (tertiary/aromatic N) is 1. The zero-order valence-corrected chi connectivity index (χ0v) is 17.7. The lowest BCUT2D eigenvalue weighted by molar-refractivity contribution is -0.119. The summed E-state index contributed by atoms with van der Waals surface area (Å²) in [6.45, 7) is 4.41. The summed E-state index contributed by atoms with van der Waals surface area (Å²) < 4.78 is 16.1. The summed E-state index contributed by atoms with van der Waals surface area (Å²) in [5, 5.41) is 0. The molecule has 0 bridgehead atoms. The smallest absolute Gasteiger partial charge is 0.272 e. The summed E-state index contributed by atoms with van der Waals surface area (Å²) in [5.74, 6) is 1.67. The van der Waals surface area contributed by atoms with Crippen LogP contribution in [0.4, 0.5) is 5.69 Å². The number of amides is 2. The Morgan fingerprint density at radius 2 is 1.48 bits per heavy atom. The van der Waals surface area contributed by atoms with Crippen LogP contribution in [0.5, 0.6) is 17.2 Å². The standard InChI is InChI=1S/C22H23NO5S/c1-5-28-16-9-7-14(8-10-16)19-20(29-6-2)22(25)23(21(19)24)15-11-17(26-3)13-18(12-15)27-4/h7-13H,5-6H2,1-4H3. The fourth-order valence-corrected chi connectivity index (χ4v) is 3.94. The molecule has 0 aromatic heterocycles. The molecule has 152 valence electrons. The Balaban J connectivity index is 2.05. The number of ether oxygens (including phenoxy) is 3. The summed E-state index contributed by atoms with van der Waals surface area (Å²) in [6.07, 6.45) is 0. The van der Waals surface area contributed by atoms with E-state index < -0.39 is 0 Å². The lowest BCUT2D eigenvalue weighted by Crippen LogP contribution is -2.31. The van der Waals surface area contributed by atoms with Crippen molar-refractivity contribution < 1.29 is 23.8 Å². The molecule has 29 heavy (non-hydrogen) atoms. The van der Waals surface area contributed by atoms with Gasteiger partial charge in [0.05, 0.1) is 37.0 Å². The number of methoxy groups -OCH3 is 2. The lowest BCUT2D eigenvalue weighted by atomic mass is 10.1. The van der Waals surface area contributed by atoms with Crippen molar-refractivity contribution in [1.82, 2.24) is 0 Å². The first-order chi connectivity index (χ1) is 14.0. The molecule has 0 saturated heterocycles. The Bertz CT molecular complexity index is 930.